The Morgan fingerprint density at radius 3 is 2.49 bits per heavy atom. The maximum atomic E-state index is 9.71. The quantitative estimate of drug-likeness (QED) is 0.516. The molecule has 3 aromatic rings. The van der Waals surface area contributed by atoms with Gasteiger partial charge in [-0.3, -0.25) is 14.9 Å². The molecule has 0 atom stereocenters. The summed E-state index contributed by atoms with van der Waals surface area (Å²) in [6, 6.07) is 16.4. The van der Waals surface area contributed by atoms with Crippen molar-refractivity contribution in [3.8, 4) is 22.9 Å². The maximum absolute atomic E-state index is 9.71. The van der Waals surface area contributed by atoms with Crippen LogP contribution in [0.25, 0.3) is 11.1 Å². The fourth-order valence-corrected chi connectivity index (χ4v) is 4.48. The van der Waals surface area contributed by atoms with E-state index in [4.69, 9.17) is 14.2 Å². The fraction of sp³-hybridized carbons (Fsp3) is 0.393. The minimum absolute atomic E-state index is 0.0991. The van der Waals surface area contributed by atoms with Crippen molar-refractivity contribution in [3.63, 3.8) is 0 Å². The van der Waals surface area contributed by atoms with Crippen LogP contribution in [-0.2, 0) is 22.4 Å². The van der Waals surface area contributed by atoms with Crippen molar-refractivity contribution in [1.82, 2.24) is 14.9 Å². The zero-order valence-electron chi connectivity index (χ0n) is 19.9. The lowest BCUT2D eigenvalue weighted by Crippen LogP contribution is -2.35. The molecule has 5 rings (SSSR count). The Hall–Kier alpha value is -3.31. The van der Waals surface area contributed by atoms with Crippen molar-refractivity contribution in [2.75, 3.05) is 39.5 Å². The molecule has 0 amide bonds. The van der Waals surface area contributed by atoms with Crippen LogP contribution in [0.15, 0.2) is 54.9 Å². The smallest absolute Gasteiger partial charge is 0.137 e. The molecule has 7 nitrogen and oxygen atoms in total. The summed E-state index contributed by atoms with van der Waals surface area (Å²) >= 11 is 0. The topological polar surface area (TPSA) is 80.5 Å². The van der Waals surface area contributed by atoms with Gasteiger partial charge in [0.1, 0.15) is 17.9 Å². The largest absolute Gasteiger partial charge is 0.489 e. The van der Waals surface area contributed by atoms with Gasteiger partial charge in [0.2, 0.25) is 0 Å². The summed E-state index contributed by atoms with van der Waals surface area (Å²) in [5.74, 6) is 0.638. The SMILES string of the molecule is N#Cc1cc(-c2ccnc(Cc3ccc(CN4CCOCC4)cn3)c2)ccc1OC1CCOCC1. The van der Waals surface area contributed by atoms with E-state index in [1.165, 1.54) is 5.56 Å². The Balaban J connectivity index is 1.26. The van der Waals surface area contributed by atoms with Crippen molar-refractivity contribution in [2.24, 2.45) is 0 Å². The van der Waals surface area contributed by atoms with Gasteiger partial charge in [-0.15, -0.1) is 0 Å². The summed E-state index contributed by atoms with van der Waals surface area (Å²) in [6.45, 7) is 5.85. The number of hydrogen-bond donors (Lipinski definition) is 0. The van der Waals surface area contributed by atoms with E-state index in [-0.39, 0.29) is 6.10 Å². The van der Waals surface area contributed by atoms with Crippen LogP contribution in [-0.4, -0.2) is 60.5 Å². The molecule has 0 spiro atoms. The Kier molecular flexibility index (Phi) is 7.64. The van der Waals surface area contributed by atoms with Crippen LogP contribution >= 0.6 is 0 Å². The molecular formula is C28H30N4O3. The first kappa shape index (κ1) is 23.4. The molecule has 180 valence electrons. The zero-order chi connectivity index (χ0) is 23.9. The summed E-state index contributed by atoms with van der Waals surface area (Å²) in [5, 5.41) is 9.71. The number of morpholine rings is 1. The monoisotopic (exact) mass is 470 g/mol. The number of nitrogens with zero attached hydrogens (tertiary/aromatic N) is 4. The zero-order valence-corrected chi connectivity index (χ0v) is 19.9. The molecule has 0 bridgehead atoms. The summed E-state index contributed by atoms with van der Waals surface area (Å²) < 4.78 is 16.9. The third-order valence-electron chi connectivity index (χ3n) is 6.47. The first-order valence-corrected chi connectivity index (χ1v) is 12.2. The Bertz CT molecular complexity index is 1160. The van der Waals surface area contributed by atoms with Crippen molar-refractivity contribution >= 4 is 0 Å². The van der Waals surface area contributed by atoms with E-state index < -0.39 is 0 Å². The molecule has 2 aliphatic rings. The molecule has 0 radical (unpaired) electrons. The third-order valence-corrected chi connectivity index (χ3v) is 6.47. The normalized spacial score (nSPS) is 17.1. The van der Waals surface area contributed by atoms with Crippen LogP contribution in [0.2, 0.25) is 0 Å². The van der Waals surface area contributed by atoms with Gasteiger partial charge in [-0.1, -0.05) is 12.1 Å². The van der Waals surface area contributed by atoms with Crippen molar-refractivity contribution in [1.29, 1.82) is 5.26 Å². The van der Waals surface area contributed by atoms with Gasteiger partial charge in [0.15, 0.2) is 0 Å². The number of pyridine rings is 2. The minimum Gasteiger partial charge on any atom is -0.489 e. The van der Waals surface area contributed by atoms with Crippen molar-refractivity contribution in [2.45, 2.75) is 31.9 Å². The molecule has 0 saturated carbocycles. The molecule has 0 aliphatic carbocycles. The highest BCUT2D eigenvalue weighted by molar-refractivity contribution is 5.67. The van der Waals surface area contributed by atoms with E-state index in [9.17, 15) is 5.26 Å². The Labute approximate surface area is 206 Å². The highest BCUT2D eigenvalue weighted by Gasteiger charge is 2.17. The number of benzene rings is 1. The minimum atomic E-state index is 0.0991. The van der Waals surface area contributed by atoms with Gasteiger partial charge in [0, 0.05) is 62.7 Å². The van der Waals surface area contributed by atoms with Crippen LogP contribution in [0.3, 0.4) is 0 Å². The molecule has 2 aliphatic heterocycles. The average Bonchev–Trinajstić information content (AvgIpc) is 2.91. The first-order valence-electron chi connectivity index (χ1n) is 12.2. The van der Waals surface area contributed by atoms with Crippen LogP contribution in [0.4, 0.5) is 0 Å². The van der Waals surface area contributed by atoms with E-state index >= 15 is 0 Å². The maximum Gasteiger partial charge on any atom is 0.137 e. The Morgan fingerprint density at radius 2 is 1.71 bits per heavy atom. The van der Waals surface area contributed by atoms with E-state index in [0.717, 1.165) is 68.2 Å². The summed E-state index contributed by atoms with van der Waals surface area (Å²) in [4.78, 5) is 11.6. The molecule has 7 heteroatoms. The van der Waals surface area contributed by atoms with E-state index in [1.54, 1.807) is 0 Å². The third kappa shape index (κ3) is 6.23. The second kappa shape index (κ2) is 11.4. The highest BCUT2D eigenvalue weighted by atomic mass is 16.5. The number of nitriles is 1. The first-order chi connectivity index (χ1) is 17.3. The lowest BCUT2D eigenvalue weighted by Gasteiger charge is -2.26. The van der Waals surface area contributed by atoms with Gasteiger partial charge in [0.05, 0.1) is 32.0 Å². The Morgan fingerprint density at radius 1 is 0.914 bits per heavy atom. The lowest BCUT2D eigenvalue weighted by molar-refractivity contribution is 0.0254. The molecule has 35 heavy (non-hydrogen) atoms. The summed E-state index contributed by atoms with van der Waals surface area (Å²) in [7, 11) is 0. The average molecular weight is 471 g/mol. The van der Waals surface area contributed by atoms with Crippen LogP contribution in [0.1, 0.15) is 35.4 Å². The molecule has 1 aromatic carbocycles. The van der Waals surface area contributed by atoms with Gasteiger partial charge in [0.25, 0.3) is 0 Å². The van der Waals surface area contributed by atoms with Crippen LogP contribution < -0.4 is 4.74 Å². The standard InChI is InChI=1S/C28H30N4O3/c29-18-24-15-22(2-4-28(24)35-27-6-11-33-12-7-27)23-5-8-30-26(16-23)17-25-3-1-21(19-31-25)20-32-9-13-34-14-10-32/h1-5,8,15-16,19,27H,6-7,9-14,17,20H2. The van der Waals surface area contributed by atoms with E-state index in [1.807, 2.05) is 36.7 Å². The van der Waals surface area contributed by atoms with Crippen molar-refractivity contribution < 1.29 is 14.2 Å². The predicted octanol–water partition coefficient (Wildman–Crippen LogP) is 4.00. The van der Waals surface area contributed by atoms with Gasteiger partial charge < -0.3 is 14.2 Å². The second-order valence-electron chi connectivity index (χ2n) is 9.01. The van der Waals surface area contributed by atoms with Gasteiger partial charge >= 0.3 is 0 Å². The highest BCUT2D eigenvalue weighted by Crippen LogP contribution is 2.28. The van der Waals surface area contributed by atoms with Crippen LogP contribution in [0.5, 0.6) is 5.75 Å². The molecular weight excluding hydrogens is 440 g/mol. The van der Waals surface area contributed by atoms with Gasteiger partial charge in [-0.25, -0.2) is 0 Å². The predicted molar refractivity (Wildman–Crippen MR) is 132 cm³/mol. The molecule has 4 heterocycles. The van der Waals surface area contributed by atoms with E-state index in [2.05, 4.69) is 39.1 Å². The van der Waals surface area contributed by atoms with Gasteiger partial charge in [-0.05, 0) is 47.0 Å². The number of aromatic nitrogens is 2. The summed E-state index contributed by atoms with van der Waals surface area (Å²) in [5.41, 5.74) is 5.68. The van der Waals surface area contributed by atoms with Crippen LogP contribution in [0, 0.1) is 11.3 Å². The number of hydrogen-bond acceptors (Lipinski definition) is 7. The molecule has 2 saturated heterocycles. The number of ether oxygens (including phenoxy) is 3. The van der Waals surface area contributed by atoms with Crippen molar-refractivity contribution in [3.05, 3.63) is 77.4 Å². The molecule has 2 aromatic heterocycles. The molecule has 0 unspecified atom stereocenters. The molecule has 0 N–H and O–H groups in total. The second-order valence-corrected chi connectivity index (χ2v) is 9.01. The lowest BCUT2D eigenvalue weighted by atomic mass is 10.0. The summed E-state index contributed by atoms with van der Waals surface area (Å²) in [6.07, 6.45) is 6.23. The van der Waals surface area contributed by atoms with E-state index in [0.29, 0.717) is 30.9 Å². The van der Waals surface area contributed by atoms with Gasteiger partial charge in [-0.2, -0.15) is 5.26 Å². The molecule has 2 fully saturated rings. The fourth-order valence-electron chi connectivity index (χ4n) is 4.48. The number of rotatable bonds is 7.